The van der Waals surface area contributed by atoms with Crippen LogP contribution in [0.15, 0.2) is 27.3 Å². The highest BCUT2D eigenvalue weighted by molar-refractivity contribution is 5.87. The number of Topliss-reactive ketones (excluding diaryl/α,β-unsaturated/α-hetero) is 1. The van der Waals surface area contributed by atoms with Crippen LogP contribution in [0.5, 0.6) is 0 Å². The van der Waals surface area contributed by atoms with Crippen molar-refractivity contribution in [3.05, 3.63) is 24.2 Å². The first kappa shape index (κ1) is 15.1. The fourth-order valence-corrected chi connectivity index (χ4v) is 3.74. The number of esters is 1. The van der Waals surface area contributed by atoms with Crippen LogP contribution in [-0.2, 0) is 20.9 Å². The predicted octanol–water partition coefficient (Wildman–Crippen LogP) is 2.77. The number of hydrogen-bond acceptors (Lipinski definition) is 7. The van der Waals surface area contributed by atoms with Crippen molar-refractivity contribution in [1.29, 1.82) is 0 Å². The van der Waals surface area contributed by atoms with Gasteiger partial charge in [-0.15, -0.1) is 0 Å². The molecule has 2 aliphatic carbocycles. The van der Waals surface area contributed by atoms with E-state index < -0.39 is 0 Å². The van der Waals surface area contributed by atoms with Crippen LogP contribution in [-0.4, -0.2) is 21.9 Å². The minimum absolute atomic E-state index is 0.0331. The van der Waals surface area contributed by atoms with Crippen LogP contribution in [0, 0.1) is 17.8 Å². The summed E-state index contributed by atoms with van der Waals surface area (Å²) < 4.78 is 15.6. The molecule has 0 radical (unpaired) electrons. The third-order valence-electron chi connectivity index (χ3n) is 4.92. The van der Waals surface area contributed by atoms with Crippen LogP contribution in [0.25, 0.3) is 11.7 Å². The molecule has 2 aromatic rings. The molecule has 0 spiro atoms. The van der Waals surface area contributed by atoms with Crippen LogP contribution in [0.1, 0.15) is 37.9 Å². The van der Waals surface area contributed by atoms with Gasteiger partial charge in [-0.1, -0.05) is 11.6 Å². The second-order valence-corrected chi connectivity index (χ2v) is 6.50. The van der Waals surface area contributed by atoms with E-state index in [0.717, 1.165) is 19.3 Å². The molecule has 2 aromatic heterocycles. The molecule has 2 aliphatic rings. The second kappa shape index (κ2) is 6.22. The van der Waals surface area contributed by atoms with Gasteiger partial charge >= 0.3 is 5.97 Å². The number of fused-ring (bicyclic) bond motifs is 2. The summed E-state index contributed by atoms with van der Waals surface area (Å²) in [6, 6.07) is 3.43. The number of ketones is 1. The number of rotatable bonds is 4. The van der Waals surface area contributed by atoms with Crippen molar-refractivity contribution in [2.45, 2.75) is 38.7 Å². The third-order valence-corrected chi connectivity index (χ3v) is 4.92. The lowest BCUT2D eigenvalue weighted by Gasteiger charge is -2.36. The normalized spacial score (nSPS) is 26.3. The van der Waals surface area contributed by atoms with Crippen LogP contribution in [0.2, 0.25) is 0 Å². The first-order chi connectivity index (χ1) is 11.7. The number of aromatic nitrogens is 2. The minimum atomic E-state index is -0.274. The molecule has 2 bridgehead atoms. The van der Waals surface area contributed by atoms with E-state index in [0.29, 0.717) is 30.2 Å². The molecule has 7 nitrogen and oxygen atoms in total. The van der Waals surface area contributed by atoms with Gasteiger partial charge in [0, 0.05) is 11.8 Å². The maximum atomic E-state index is 12.3. The summed E-state index contributed by atoms with van der Waals surface area (Å²) in [5.41, 5.74) is 0. The van der Waals surface area contributed by atoms with Gasteiger partial charge in [-0.05, 0) is 37.8 Å². The summed E-state index contributed by atoms with van der Waals surface area (Å²) in [5, 5.41) is 3.78. The second-order valence-electron chi connectivity index (χ2n) is 6.50. The number of ether oxygens (including phenoxy) is 1. The Morgan fingerprint density at radius 1 is 1.29 bits per heavy atom. The summed E-state index contributed by atoms with van der Waals surface area (Å²) in [5.74, 6) is 0.950. The topological polar surface area (TPSA) is 95.4 Å². The number of carbonyl (C=O) groups excluding carboxylic acids is 2. The average molecular weight is 330 g/mol. The van der Waals surface area contributed by atoms with E-state index in [4.69, 9.17) is 13.7 Å². The molecular weight excluding hydrogens is 312 g/mol. The summed E-state index contributed by atoms with van der Waals surface area (Å²) in [6.45, 7) is -0.0389. The van der Waals surface area contributed by atoms with Gasteiger partial charge < -0.3 is 13.7 Å². The number of hydrogen-bond donors (Lipinski definition) is 0. The predicted molar refractivity (Wildman–Crippen MR) is 80.4 cm³/mol. The van der Waals surface area contributed by atoms with E-state index >= 15 is 0 Å². The lowest BCUT2D eigenvalue weighted by Crippen LogP contribution is -2.39. The van der Waals surface area contributed by atoms with Gasteiger partial charge in [0.2, 0.25) is 5.82 Å². The van der Waals surface area contributed by atoms with Crippen molar-refractivity contribution in [3.63, 3.8) is 0 Å². The summed E-state index contributed by atoms with van der Waals surface area (Å²) >= 11 is 0. The highest BCUT2D eigenvalue weighted by Gasteiger charge is 2.41. The molecule has 2 atom stereocenters. The Hall–Kier alpha value is -2.44. The van der Waals surface area contributed by atoms with E-state index in [2.05, 4.69) is 10.1 Å². The van der Waals surface area contributed by atoms with E-state index in [-0.39, 0.29) is 36.2 Å². The van der Waals surface area contributed by atoms with Crippen molar-refractivity contribution >= 4 is 11.8 Å². The van der Waals surface area contributed by atoms with Gasteiger partial charge in [0.15, 0.2) is 12.4 Å². The molecule has 2 heterocycles. The maximum Gasteiger partial charge on any atom is 0.309 e. The molecule has 0 aliphatic heterocycles. The van der Waals surface area contributed by atoms with E-state index in [1.807, 2.05) is 0 Å². The SMILES string of the molecule is O=C(OCc1noc(-c2ccco2)n1)C1CC2CCCC(C1)C2=O. The van der Waals surface area contributed by atoms with E-state index in [1.165, 1.54) is 6.26 Å². The van der Waals surface area contributed by atoms with Crippen molar-refractivity contribution in [2.75, 3.05) is 0 Å². The molecule has 0 N–H and O–H groups in total. The van der Waals surface area contributed by atoms with E-state index in [1.54, 1.807) is 12.1 Å². The molecule has 0 amide bonds. The van der Waals surface area contributed by atoms with Crippen molar-refractivity contribution in [2.24, 2.45) is 17.8 Å². The molecule has 2 saturated carbocycles. The highest BCUT2D eigenvalue weighted by Crippen LogP contribution is 2.40. The zero-order chi connectivity index (χ0) is 16.5. The Balaban J connectivity index is 1.34. The summed E-state index contributed by atoms with van der Waals surface area (Å²) in [6.07, 6.45) is 5.62. The smallest absolute Gasteiger partial charge is 0.309 e. The number of furan rings is 1. The molecule has 0 saturated heterocycles. The van der Waals surface area contributed by atoms with Gasteiger partial charge in [-0.3, -0.25) is 9.59 Å². The van der Waals surface area contributed by atoms with Crippen LogP contribution in [0.4, 0.5) is 0 Å². The van der Waals surface area contributed by atoms with Gasteiger partial charge in [0.25, 0.3) is 5.89 Å². The monoisotopic (exact) mass is 330 g/mol. The average Bonchev–Trinajstić information content (AvgIpc) is 3.23. The summed E-state index contributed by atoms with van der Waals surface area (Å²) in [4.78, 5) is 28.5. The fourth-order valence-electron chi connectivity index (χ4n) is 3.74. The molecule has 2 fully saturated rings. The molecule has 4 rings (SSSR count). The molecule has 7 heteroatoms. The first-order valence-electron chi connectivity index (χ1n) is 8.27. The maximum absolute atomic E-state index is 12.3. The van der Waals surface area contributed by atoms with Crippen molar-refractivity contribution in [3.8, 4) is 11.7 Å². The number of nitrogens with zero attached hydrogens (tertiary/aromatic N) is 2. The molecule has 24 heavy (non-hydrogen) atoms. The van der Waals surface area contributed by atoms with Gasteiger partial charge in [0.05, 0.1) is 12.2 Å². The lowest BCUT2D eigenvalue weighted by atomic mass is 9.67. The Morgan fingerprint density at radius 2 is 2.08 bits per heavy atom. The lowest BCUT2D eigenvalue weighted by molar-refractivity contribution is -0.155. The molecule has 0 aromatic carbocycles. The Bertz CT molecular complexity index is 720. The molecule has 126 valence electrons. The van der Waals surface area contributed by atoms with Crippen LogP contribution >= 0.6 is 0 Å². The number of carbonyl (C=O) groups is 2. The van der Waals surface area contributed by atoms with Gasteiger partial charge in [-0.2, -0.15) is 4.98 Å². The Labute approximate surface area is 138 Å². The van der Waals surface area contributed by atoms with Gasteiger partial charge in [0.1, 0.15) is 5.78 Å². The minimum Gasteiger partial charge on any atom is -0.459 e. The summed E-state index contributed by atoms with van der Waals surface area (Å²) in [7, 11) is 0. The zero-order valence-corrected chi connectivity index (χ0v) is 13.1. The Kier molecular flexibility index (Phi) is 3.92. The first-order valence-corrected chi connectivity index (χ1v) is 8.27. The zero-order valence-electron chi connectivity index (χ0n) is 13.1. The quantitative estimate of drug-likeness (QED) is 0.795. The van der Waals surface area contributed by atoms with Crippen molar-refractivity contribution in [1.82, 2.24) is 10.1 Å². The Morgan fingerprint density at radius 3 is 2.79 bits per heavy atom. The standard InChI is InChI=1S/C17H18N2O5/c20-15-10-3-1-4-11(15)8-12(7-10)17(21)23-9-14-18-16(24-19-14)13-5-2-6-22-13/h2,5-6,10-12H,1,3-4,7-9H2. The molecule has 2 unspecified atom stereocenters. The van der Waals surface area contributed by atoms with Crippen molar-refractivity contribution < 1.29 is 23.3 Å². The fraction of sp³-hybridized carbons (Fsp3) is 0.529. The third kappa shape index (κ3) is 2.86. The van der Waals surface area contributed by atoms with Gasteiger partial charge in [-0.25, -0.2) is 0 Å². The highest BCUT2D eigenvalue weighted by atomic mass is 16.5. The van der Waals surface area contributed by atoms with Crippen LogP contribution in [0.3, 0.4) is 0 Å². The molecular formula is C17H18N2O5. The largest absolute Gasteiger partial charge is 0.459 e. The van der Waals surface area contributed by atoms with E-state index in [9.17, 15) is 9.59 Å². The van der Waals surface area contributed by atoms with Crippen LogP contribution < -0.4 is 0 Å².